The van der Waals surface area contributed by atoms with Gasteiger partial charge in [-0.05, 0) is 58.4 Å². The van der Waals surface area contributed by atoms with Crippen molar-refractivity contribution < 1.29 is 33.4 Å². The van der Waals surface area contributed by atoms with Gasteiger partial charge in [0.15, 0.2) is 5.78 Å². The maximum atomic E-state index is 13.9. The van der Waals surface area contributed by atoms with E-state index in [1.165, 1.54) is 19.1 Å². The SMILES string of the molecule is COC(=O)NC(C(=O)N1CCC[C@H]1c1nc(-c2ccc(-c3ccc4cc(-c5c[nH]c([C@@H]6CC(=O)CN6C(=O)[C@@H](NC(=O)OC)C(C)C)n5)ccc4c3)cc2)c[nH]1)c1ccccc1. The zero-order valence-corrected chi connectivity index (χ0v) is 34.9. The minimum absolute atomic E-state index is 0.0602. The molecule has 4 heterocycles. The third-order valence-corrected chi connectivity index (χ3v) is 11.7. The van der Waals surface area contributed by atoms with Crippen molar-refractivity contribution in [2.24, 2.45) is 5.92 Å². The first-order valence-corrected chi connectivity index (χ1v) is 20.6. The van der Waals surface area contributed by atoms with Crippen molar-refractivity contribution in [2.75, 3.05) is 27.3 Å². The number of hydrogen-bond acceptors (Lipinski definition) is 9. The van der Waals surface area contributed by atoms with Crippen molar-refractivity contribution in [1.29, 1.82) is 0 Å². The fraction of sp³-hybridized carbons (Fsp3) is 0.298. The number of benzene rings is 4. The summed E-state index contributed by atoms with van der Waals surface area (Å²) in [6, 6.07) is 27.1. The van der Waals surface area contributed by atoms with E-state index in [4.69, 9.17) is 19.4 Å². The lowest BCUT2D eigenvalue weighted by Crippen LogP contribution is -2.51. The van der Waals surface area contributed by atoms with Gasteiger partial charge in [-0.15, -0.1) is 0 Å². The van der Waals surface area contributed by atoms with Crippen LogP contribution in [0, 0.1) is 5.92 Å². The number of carbonyl (C=O) groups excluding carboxylic acids is 5. The summed E-state index contributed by atoms with van der Waals surface area (Å²) in [4.78, 5) is 83.9. The summed E-state index contributed by atoms with van der Waals surface area (Å²) in [6.07, 6.45) is 3.93. The zero-order chi connectivity index (χ0) is 43.5. The number of rotatable bonds is 11. The first kappa shape index (κ1) is 41.4. The smallest absolute Gasteiger partial charge is 0.407 e. The Morgan fingerprint density at radius 1 is 0.694 bits per heavy atom. The van der Waals surface area contributed by atoms with E-state index in [1.54, 1.807) is 11.1 Å². The molecule has 2 fully saturated rings. The Kier molecular flexibility index (Phi) is 11.9. The largest absolute Gasteiger partial charge is 0.453 e. The molecule has 1 unspecified atom stereocenters. The average molecular weight is 837 g/mol. The molecule has 0 radical (unpaired) electrons. The van der Waals surface area contributed by atoms with Crippen LogP contribution in [0.1, 0.15) is 68.4 Å². The van der Waals surface area contributed by atoms with Crippen LogP contribution in [0.15, 0.2) is 103 Å². The number of alkyl carbamates (subject to hydrolysis) is 2. The van der Waals surface area contributed by atoms with E-state index in [0.717, 1.165) is 51.6 Å². The van der Waals surface area contributed by atoms with Crippen LogP contribution in [-0.4, -0.2) is 92.9 Å². The van der Waals surface area contributed by atoms with Gasteiger partial charge in [0.1, 0.15) is 23.7 Å². The van der Waals surface area contributed by atoms with E-state index in [2.05, 4.69) is 57.0 Å². The minimum Gasteiger partial charge on any atom is -0.453 e. The molecule has 6 aromatic rings. The van der Waals surface area contributed by atoms with E-state index in [1.807, 2.05) is 74.6 Å². The predicted molar refractivity (Wildman–Crippen MR) is 231 cm³/mol. The van der Waals surface area contributed by atoms with E-state index in [-0.39, 0.29) is 42.5 Å². The van der Waals surface area contributed by atoms with E-state index in [0.29, 0.717) is 29.5 Å². The molecule has 0 spiro atoms. The molecule has 4 N–H and O–H groups in total. The van der Waals surface area contributed by atoms with Crippen LogP contribution in [0.3, 0.4) is 0 Å². The summed E-state index contributed by atoms with van der Waals surface area (Å²) < 4.78 is 9.55. The molecule has 0 bridgehead atoms. The number of imidazole rings is 2. The number of ether oxygens (including phenoxy) is 2. The Hall–Kier alpha value is -7.29. The summed E-state index contributed by atoms with van der Waals surface area (Å²) in [5.74, 6) is 0.295. The van der Waals surface area contributed by atoms with Crippen LogP contribution in [0.25, 0.3) is 44.4 Å². The van der Waals surface area contributed by atoms with Gasteiger partial charge in [-0.3, -0.25) is 14.4 Å². The second kappa shape index (κ2) is 17.7. The van der Waals surface area contributed by atoms with Crippen molar-refractivity contribution in [3.05, 3.63) is 121 Å². The molecule has 4 amide bonds. The average Bonchev–Trinajstić information content (AvgIpc) is 4.14. The zero-order valence-electron chi connectivity index (χ0n) is 34.9. The number of carbonyl (C=O) groups is 5. The third kappa shape index (κ3) is 8.51. The van der Waals surface area contributed by atoms with Crippen LogP contribution in [0.2, 0.25) is 0 Å². The Morgan fingerprint density at radius 2 is 1.27 bits per heavy atom. The van der Waals surface area contributed by atoms with Crippen LogP contribution >= 0.6 is 0 Å². The number of likely N-dealkylation sites (tertiary alicyclic amines) is 2. The van der Waals surface area contributed by atoms with Gasteiger partial charge in [-0.1, -0.05) is 92.7 Å². The van der Waals surface area contributed by atoms with Crippen molar-refractivity contribution in [3.8, 4) is 33.6 Å². The second-order valence-electron chi connectivity index (χ2n) is 15.9. The molecule has 2 saturated heterocycles. The van der Waals surface area contributed by atoms with Gasteiger partial charge in [0, 0.05) is 36.5 Å². The Labute approximate surface area is 358 Å². The standard InChI is InChI=1S/C47H48N8O7/c1-27(2)40(52-46(59)61-3)44(57)55-26-35(56)23-39(55)43-49-25-37(51-43)34-19-18-32-21-31(16-17-33(32)22-34)28-12-14-29(15-13-28)36-24-48-42(50-36)38-11-8-20-54(38)45(58)41(53-47(60)62-4)30-9-6-5-7-10-30/h5-7,9-10,12-19,21-22,24-25,27,38-41H,8,11,20,23,26H2,1-4H3,(H,48,50)(H,49,51)(H,52,59)(H,53,60)/t38-,39-,40-,41?/m0/s1. The number of aromatic amines is 2. The lowest BCUT2D eigenvalue weighted by Gasteiger charge is -2.29. The van der Waals surface area contributed by atoms with Crippen LogP contribution in [-0.2, 0) is 23.9 Å². The van der Waals surface area contributed by atoms with E-state index in [9.17, 15) is 24.0 Å². The molecule has 2 aliphatic rings. The number of nitrogens with zero attached hydrogens (tertiary/aromatic N) is 4. The van der Waals surface area contributed by atoms with Crippen LogP contribution < -0.4 is 10.6 Å². The molecular weight excluding hydrogens is 789 g/mol. The summed E-state index contributed by atoms with van der Waals surface area (Å²) in [5.41, 5.74) is 6.01. The first-order chi connectivity index (χ1) is 30.0. The van der Waals surface area contributed by atoms with E-state index >= 15 is 0 Å². The topological polar surface area (TPSA) is 192 Å². The molecular formula is C47H48N8O7. The summed E-state index contributed by atoms with van der Waals surface area (Å²) in [6.45, 7) is 4.13. The predicted octanol–water partition coefficient (Wildman–Crippen LogP) is 7.27. The molecule has 8 rings (SSSR count). The summed E-state index contributed by atoms with van der Waals surface area (Å²) in [7, 11) is 2.52. The minimum atomic E-state index is -0.890. The van der Waals surface area contributed by atoms with Gasteiger partial charge in [-0.25, -0.2) is 19.6 Å². The molecule has 62 heavy (non-hydrogen) atoms. The molecule has 2 aromatic heterocycles. The van der Waals surface area contributed by atoms with Crippen molar-refractivity contribution in [3.63, 3.8) is 0 Å². The van der Waals surface area contributed by atoms with E-state index < -0.39 is 30.3 Å². The lowest BCUT2D eigenvalue weighted by molar-refractivity contribution is -0.136. The molecule has 4 atom stereocenters. The Balaban J connectivity index is 0.950. The number of aromatic nitrogens is 4. The highest BCUT2D eigenvalue weighted by atomic mass is 16.5. The van der Waals surface area contributed by atoms with Crippen molar-refractivity contribution >= 4 is 40.6 Å². The first-order valence-electron chi connectivity index (χ1n) is 20.6. The van der Waals surface area contributed by atoms with Gasteiger partial charge in [0.05, 0.1) is 44.2 Å². The number of methoxy groups -OCH3 is 2. The molecule has 0 aliphatic carbocycles. The molecule has 2 aliphatic heterocycles. The number of H-pyrrole nitrogens is 2. The number of fused-ring (bicyclic) bond motifs is 1. The van der Waals surface area contributed by atoms with Crippen LogP contribution in [0.5, 0.6) is 0 Å². The third-order valence-electron chi connectivity index (χ3n) is 11.7. The van der Waals surface area contributed by atoms with Gasteiger partial charge in [-0.2, -0.15) is 0 Å². The molecule has 15 heteroatoms. The molecule has 0 saturated carbocycles. The molecule has 15 nitrogen and oxygen atoms in total. The highest BCUT2D eigenvalue weighted by Gasteiger charge is 2.41. The Morgan fingerprint density at radius 3 is 1.94 bits per heavy atom. The maximum Gasteiger partial charge on any atom is 0.407 e. The summed E-state index contributed by atoms with van der Waals surface area (Å²) in [5, 5.41) is 7.38. The number of Topliss-reactive ketones (excluding diaryl/α,β-unsaturated/α-hetero) is 1. The number of ketones is 1. The number of nitrogens with one attached hydrogen (secondary N) is 4. The highest BCUT2D eigenvalue weighted by molar-refractivity contribution is 5.94. The summed E-state index contributed by atoms with van der Waals surface area (Å²) >= 11 is 0. The number of amides is 4. The van der Waals surface area contributed by atoms with Crippen molar-refractivity contribution in [1.82, 2.24) is 40.4 Å². The van der Waals surface area contributed by atoms with Gasteiger partial charge in [0.2, 0.25) is 5.91 Å². The lowest BCUT2D eigenvalue weighted by atomic mass is 9.98. The highest BCUT2D eigenvalue weighted by Crippen LogP contribution is 2.36. The quantitative estimate of drug-likeness (QED) is 0.104. The van der Waals surface area contributed by atoms with Gasteiger partial charge >= 0.3 is 12.2 Å². The van der Waals surface area contributed by atoms with Gasteiger partial charge < -0.3 is 39.9 Å². The molecule has 318 valence electrons. The fourth-order valence-electron chi connectivity index (χ4n) is 8.36. The Bertz CT molecular complexity index is 2620. The fourth-order valence-corrected chi connectivity index (χ4v) is 8.36. The second-order valence-corrected chi connectivity index (χ2v) is 15.9. The number of hydrogen-bond donors (Lipinski definition) is 4. The maximum absolute atomic E-state index is 13.9. The monoisotopic (exact) mass is 836 g/mol. The normalized spacial score (nSPS) is 17.3. The van der Waals surface area contributed by atoms with Crippen LogP contribution in [0.4, 0.5) is 9.59 Å². The van der Waals surface area contributed by atoms with Crippen molar-refractivity contribution in [2.45, 2.75) is 57.3 Å². The van der Waals surface area contributed by atoms with Gasteiger partial charge in [0.25, 0.3) is 5.91 Å². The molecule has 4 aromatic carbocycles.